The van der Waals surface area contributed by atoms with E-state index in [1.165, 1.54) is 5.01 Å². The lowest BCUT2D eigenvalue weighted by Crippen LogP contribution is -2.34. The Morgan fingerprint density at radius 1 is 1.00 bits per heavy atom. The molecule has 10 heteroatoms. The Hall–Kier alpha value is -3.83. The summed E-state index contributed by atoms with van der Waals surface area (Å²) < 4.78 is 0. The van der Waals surface area contributed by atoms with Crippen LogP contribution < -0.4 is 21.9 Å². The van der Waals surface area contributed by atoms with Gasteiger partial charge in [0.15, 0.2) is 0 Å². The number of nitrogens with zero attached hydrogens (tertiary/aromatic N) is 4. The summed E-state index contributed by atoms with van der Waals surface area (Å²) >= 11 is 0. The number of nitrogens with one attached hydrogen (secondary N) is 1. The fourth-order valence-electron chi connectivity index (χ4n) is 3.49. The van der Waals surface area contributed by atoms with Gasteiger partial charge in [-0.1, -0.05) is 24.3 Å². The highest BCUT2D eigenvalue weighted by molar-refractivity contribution is 5.78. The minimum Gasteiger partial charge on any atom is -0.400 e. The predicted octanol–water partition coefficient (Wildman–Crippen LogP) is 0.671. The molecule has 1 unspecified atom stereocenters. The van der Waals surface area contributed by atoms with Gasteiger partial charge >= 0.3 is 0 Å². The maximum atomic E-state index is 12.0. The minimum absolute atomic E-state index is 0.00571. The third kappa shape index (κ3) is 9.08. The van der Waals surface area contributed by atoms with Gasteiger partial charge in [0.05, 0.1) is 36.2 Å². The Balaban J connectivity index is 1.60. The molecule has 3 rings (SSSR count). The summed E-state index contributed by atoms with van der Waals surface area (Å²) in [5.74, 6) is 5.98. The van der Waals surface area contributed by atoms with Crippen LogP contribution in [0.2, 0.25) is 0 Å². The summed E-state index contributed by atoms with van der Waals surface area (Å²) in [6.07, 6.45) is 4.38. The van der Waals surface area contributed by atoms with E-state index < -0.39 is 12.7 Å². The normalized spacial score (nSPS) is 12.4. The summed E-state index contributed by atoms with van der Waals surface area (Å²) in [4.78, 5) is 23.0. The molecule has 2 heterocycles. The van der Waals surface area contributed by atoms with Gasteiger partial charge in [-0.15, -0.1) is 0 Å². The van der Waals surface area contributed by atoms with Gasteiger partial charge in [0.1, 0.15) is 0 Å². The second-order valence-electron chi connectivity index (χ2n) is 8.38. The number of pyridine rings is 2. The second kappa shape index (κ2) is 13.9. The molecule has 0 spiro atoms. The van der Waals surface area contributed by atoms with E-state index in [1.54, 1.807) is 42.9 Å². The van der Waals surface area contributed by atoms with E-state index in [0.29, 0.717) is 31.0 Å². The Kier molecular flexibility index (Phi) is 10.3. The van der Waals surface area contributed by atoms with E-state index in [1.807, 2.05) is 36.4 Å². The standard InChI is InChI=1S/C26H33N7O3/c27-21(15-32(17-22-5-1-3-11-29-22)18-23-6-2-4-12-30-23)16-33(28)24-9-7-20(8-10-24)13-26(36)31-14-25(35)19-34/h1-12,16,25,34-35H,13-15,17-19,27-28H2,(H,31,36)/b21-16-. The van der Waals surface area contributed by atoms with Crippen LogP contribution in [0.1, 0.15) is 17.0 Å². The van der Waals surface area contributed by atoms with Gasteiger partial charge in [0, 0.05) is 50.5 Å². The van der Waals surface area contributed by atoms with Crippen LogP contribution in [0.25, 0.3) is 0 Å². The summed E-state index contributed by atoms with van der Waals surface area (Å²) in [5.41, 5.74) is 10.3. The average Bonchev–Trinajstić information content (AvgIpc) is 2.88. The van der Waals surface area contributed by atoms with Gasteiger partial charge in [-0.25, -0.2) is 5.84 Å². The van der Waals surface area contributed by atoms with Crippen LogP contribution in [-0.2, 0) is 24.3 Å². The molecule has 0 fully saturated rings. The average molecular weight is 492 g/mol. The molecule has 0 aliphatic heterocycles. The number of anilines is 1. The predicted molar refractivity (Wildman–Crippen MR) is 138 cm³/mol. The van der Waals surface area contributed by atoms with Gasteiger partial charge < -0.3 is 21.3 Å². The summed E-state index contributed by atoms with van der Waals surface area (Å²) in [5, 5.41) is 22.2. The molecule has 0 saturated carbocycles. The van der Waals surface area contributed by atoms with Gasteiger partial charge in [0.2, 0.25) is 5.91 Å². The molecule has 0 bridgehead atoms. The smallest absolute Gasteiger partial charge is 0.224 e. The Morgan fingerprint density at radius 2 is 1.61 bits per heavy atom. The third-order valence-corrected chi connectivity index (χ3v) is 5.28. The van der Waals surface area contributed by atoms with Gasteiger partial charge in [-0.05, 0) is 42.0 Å². The first kappa shape index (κ1) is 26.8. The van der Waals surface area contributed by atoms with Crippen molar-refractivity contribution in [2.24, 2.45) is 11.6 Å². The molecule has 3 aromatic rings. The number of aliphatic hydroxyl groups excluding tert-OH is 2. The molecule has 36 heavy (non-hydrogen) atoms. The quantitative estimate of drug-likeness (QED) is 0.171. The van der Waals surface area contributed by atoms with Crippen LogP contribution in [-0.4, -0.2) is 56.8 Å². The number of carbonyl (C=O) groups excluding carboxylic acids is 1. The summed E-state index contributed by atoms with van der Waals surface area (Å²) in [6, 6.07) is 18.8. The highest BCUT2D eigenvalue weighted by Gasteiger charge is 2.12. The van der Waals surface area contributed by atoms with Crippen molar-refractivity contribution >= 4 is 11.6 Å². The molecule has 2 aromatic heterocycles. The van der Waals surface area contributed by atoms with E-state index in [0.717, 1.165) is 17.0 Å². The van der Waals surface area contributed by atoms with Crippen LogP contribution in [0, 0.1) is 0 Å². The molecule has 7 N–H and O–H groups in total. The number of hydrogen-bond acceptors (Lipinski definition) is 9. The summed E-state index contributed by atoms with van der Waals surface area (Å²) in [7, 11) is 0. The molecule has 10 nitrogen and oxygen atoms in total. The lowest BCUT2D eigenvalue weighted by molar-refractivity contribution is -0.121. The number of aromatic nitrogens is 2. The third-order valence-electron chi connectivity index (χ3n) is 5.28. The number of benzene rings is 1. The van der Waals surface area contributed by atoms with Crippen molar-refractivity contribution in [1.29, 1.82) is 0 Å². The summed E-state index contributed by atoms with van der Waals surface area (Å²) in [6.45, 7) is 1.26. The maximum absolute atomic E-state index is 12.0. The van der Waals surface area contributed by atoms with Gasteiger partial charge in [0.25, 0.3) is 0 Å². The topological polar surface area (TPSA) is 154 Å². The van der Waals surface area contributed by atoms with Crippen molar-refractivity contribution in [3.05, 3.63) is 102 Å². The van der Waals surface area contributed by atoms with Crippen molar-refractivity contribution in [2.45, 2.75) is 25.6 Å². The van der Waals surface area contributed by atoms with Gasteiger partial charge in [-0.3, -0.25) is 24.7 Å². The second-order valence-corrected chi connectivity index (χ2v) is 8.38. The molecule has 1 atom stereocenters. The number of amides is 1. The zero-order valence-corrected chi connectivity index (χ0v) is 20.1. The van der Waals surface area contributed by atoms with Crippen molar-refractivity contribution in [2.75, 3.05) is 24.7 Å². The molecule has 0 aliphatic rings. The van der Waals surface area contributed by atoms with Crippen molar-refractivity contribution in [3.63, 3.8) is 0 Å². The Morgan fingerprint density at radius 3 is 2.14 bits per heavy atom. The number of hydrazine groups is 1. The Labute approximate surface area is 210 Å². The first-order valence-electron chi connectivity index (χ1n) is 11.6. The first-order valence-corrected chi connectivity index (χ1v) is 11.6. The number of carbonyl (C=O) groups is 1. The zero-order chi connectivity index (χ0) is 25.8. The molecule has 0 radical (unpaired) electrons. The zero-order valence-electron chi connectivity index (χ0n) is 20.1. The first-order chi connectivity index (χ1) is 17.4. The fraction of sp³-hybridized carbons (Fsp3) is 0.269. The van der Waals surface area contributed by atoms with E-state index in [9.17, 15) is 9.90 Å². The molecule has 0 saturated heterocycles. The van der Waals surface area contributed by atoms with Crippen LogP contribution in [0.3, 0.4) is 0 Å². The molecule has 1 aromatic carbocycles. The van der Waals surface area contributed by atoms with E-state index in [4.69, 9.17) is 16.7 Å². The molecule has 1 amide bonds. The van der Waals surface area contributed by atoms with Crippen LogP contribution in [0.5, 0.6) is 0 Å². The largest absolute Gasteiger partial charge is 0.400 e. The number of hydrogen-bond donors (Lipinski definition) is 5. The number of rotatable bonds is 13. The van der Waals surface area contributed by atoms with Crippen LogP contribution >= 0.6 is 0 Å². The molecule has 190 valence electrons. The SMILES string of the molecule is N/C(=C\N(N)c1ccc(CC(=O)NCC(O)CO)cc1)CN(Cc1ccccn1)Cc1ccccn1. The molecular formula is C26H33N7O3. The van der Waals surface area contributed by atoms with E-state index >= 15 is 0 Å². The molecule has 0 aliphatic carbocycles. The molecular weight excluding hydrogens is 458 g/mol. The highest BCUT2D eigenvalue weighted by Crippen LogP contribution is 2.15. The maximum Gasteiger partial charge on any atom is 0.224 e. The van der Waals surface area contributed by atoms with Gasteiger partial charge in [-0.2, -0.15) is 0 Å². The minimum atomic E-state index is -0.969. The number of nitrogens with two attached hydrogens (primary N) is 2. The highest BCUT2D eigenvalue weighted by atomic mass is 16.3. The van der Waals surface area contributed by atoms with Crippen molar-refractivity contribution < 1.29 is 15.0 Å². The van der Waals surface area contributed by atoms with Crippen LogP contribution in [0.4, 0.5) is 5.69 Å². The fourth-order valence-corrected chi connectivity index (χ4v) is 3.49. The number of aliphatic hydroxyl groups is 2. The lowest BCUT2D eigenvalue weighted by Gasteiger charge is -2.23. The lowest BCUT2D eigenvalue weighted by atomic mass is 10.1. The Bertz CT molecular complexity index is 1050. The monoisotopic (exact) mass is 491 g/mol. The van der Waals surface area contributed by atoms with Crippen LogP contribution in [0.15, 0.2) is 85.0 Å². The van der Waals surface area contributed by atoms with Crippen molar-refractivity contribution in [3.8, 4) is 0 Å². The van der Waals surface area contributed by atoms with E-state index in [2.05, 4.69) is 20.2 Å². The van der Waals surface area contributed by atoms with Crippen molar-refractivity contribution in [1.82, 2.24) is 20.2 Å². The van der Waals surface area contributed by atoms with E-state index in [-0.39, 0.29) is 18.9 Å².